The minimum absolute atomic E-state index is 0.0107. The lowest BCUT2D eigenvalue weighted by molar-refractivity contribution is -0.124. The summed E-state index contributed by atoms with van der Waals surface area (Å²) >= 11 is 11.9. The van der Waals surface area contributed by atoms with E-state index in [2.05, 4.69) is 15.0 Å². The Morgan fingerprint density at radius 1 is 1.42 bits per heavy atom. The van der Waals surface area contributed by atoms with Crippen molar-refractivity contribution in [2.75, 3.05) is 12.3 Å². The van der Waals surface area contributed by atoms with Gasteiger partial charge in [-0.1, -0.05) is 34.4 Å². The van der Waals surface area contributed by atoms with E-state index in [0.29, 0.717) is 21.3 Å². The maximum atomic E-state index is 11.9. The van der Waals surface area contributed by atoms with Crippen LogP contribution < -0.4 is 11.1 Å². The minimum atomic E-state index is -0.779. The van der Waals surface area contributed by atoms with Crippen molar-refractivity contribution >= 4 is 41.0 Å². The van der Waals surface area contributed by atoms with Crippen molar-refractivity contribution in [1.29, 1.82) is 0 Å². The third-order valence-electron chi connectivity index (χ3n) is 3.23. The molecule has 1 amide bonds. The number of aryl methyl sites for hydroxylation is 1. The van der Waals surface area contributed by atoms with Crippen molar-refractivity contribution in [1.82, 2.24) is 10.5 Å². The largest absolute Gasteiger partial charge is 0.452 e. The van der Waals surface area contributed by atoms with Crippen LogP contribution in [-0.2, 0) is 9.53 Å². The maximum Gasteiger partial charge on any atom is 0.346 e. The van der Waals surface area contributed by atoms with Crippen LogP contribution >= 0.6 is 23.2 Å². The molecule has 0 aliphatic carbocycles. The van der Waals surface area contributed by atoms with Crippen LogP contribution in [0.5, 0.6) is 0 Å². The number of amides is 1. The summed E-state index contributed by atoms with van der Waals surface area (Å²) in [7, 11) is 0. The molecule has 0 spiro atoms. The Hall–Kier alpha value is -2.25. The van der Waals surface area contributed by atoms with Gasteiger partial charge in [0.05, 0.1) is 11.7 Å². The smallest absolute Gasteiger partial charge is 0.346 e. The Bertz CT molecular complexity index is 757. The molecule has 1 heterocycles. The van der Waals surface area contributed by atoms with E-state index in [1.54, 1.807) is 32.0 Å². The maximum absolute atomic E-state index is 11.9. The van der Waals surface area contributed by atoms with E-state index in [0.717, 1.165) is 0 Å². The molecule has 0 aliphatic heterocycles. The second-order valence-corrected chi connectivity index (χ2v) is 5.88. The lowest BCUT2D eigenvalue weighted by Crippen LogP contribution is -2.31. The summed E-state index contributed by atoms with van der Waals surface area (Å²) in [6.45, 7) is 2.82. The van der Waals surface area contributed by atoms with Crippen LogP contribution in [0.3, 0.4) is 0 Å². The minimum Gasteiger partial charge on any atom is -0.452 e. The summed E-state index contributed by atoms with van der Waals surface area (Å²) in [6.07, 6.45) is 0. The van der Waals surface area contributed by atoms with Crippen molar-refractivity contribution in [2.45, 2.75) is 19.9 Å². The number of rotatable bonds is 5. The zero-order chi connectivity index (χ0) is 17.9. The fourth-order valence-corrected chi connectivity index (χ4v) is 2.62. The average Bonchev–Trinajstić information content (AvgIpc) is 2.83. The van der Waals surface area contributed by atoms with Crippen LogP contribution in [0.2, 0.25) is 10.0 Å². The van der Waals surface area contributed by atoms with Crippen LogP contribution in [0.1, 0.15) is 34.6 Å². The zero-order valence-corrected chi connectivity index (χ0v) is 14.4. The molecule has 1 unspecified atom stereocenters. The summed E-state index contributed by atoms with van der Waals surface area (Å²) in [4.78, 5) is 23.8. The van der Waals surface area contributed by atoms with E-state index in [-0.39, 0.29) is 17.5 Å². The summed E-state index contributed by atoms with van der Waals surface area (Å²) in [5, 5.41) is 7.14. The monoisotopic (exact) mass is 371 g/mol. The fraction of sp³-hybridized carbons (Fsp3) is 0.267. The van der Waals surface area contributed by atoms with Gasteiger partial charge in [-0.2, -0.15) is 0 Å². The molecule has 3 N–H and O–H groups in total. The first-order chi connectivity index (χ1) is 11.3. The van der Waals surface area contributed by atoms with E-state index in [1.807, 2.05) is 0 Å². The SMILES string of the molecule is Cc1noc(N)c1C(=O)OCC(=O)NC(C)c1ccc(Cl)cc1Cl. The molecule has 0 bridgehead atoms. The molecule has 0 fully saturated rings. The Morgan fingerprint density at radius 2 is 2.12 bits per heavy atom. The van der Waals surface area contributed by atoms with Gasteiger partial charge in [0.15, 0.2) is 6.61 Å². The third kappa shape index (κ3) is 4.18. The Morgan fingerprint density at radius 3 is 2.71 bits per heavy atom. The predicted molar refractivity (Wildman–Crippen MR) is 89.0 cm³/mol. The normalized spacial score (nSPS) is 11.8. The standard InChI is InChI=1S/C15H15Cl2N3O4/c1-7(10-4-3-9(16)5-11(10)17)19-12(21)6-23-15(22)13-8(2)20-24-14(13)18/h3-5,7H,6,18H2,1-2H3,(H,19,21). The molecule has 1 atom stereocenters. The molecule has 0 saturated heterocycles. The summed E-state index contributed by atoms with van der Waals surface area (Å²) in [5.41, 5.74) is 6.47. The van der Waals surface area contributed by atoms with Crippen LogP contribution in [0.15, 0.2) is 22.7 Å². The average molecular weight is 372 g/mol. The van der Waals surface area contributed by atoms with E-state index in [1.165, 1.54) is 0 Å². The predicted octanol–water partition coefficient (Wildman–Crippen LogP) is 2.91. The first-order valence-corrected chi connectivity index (χ1v) is 7.68. The van der Waals surface area contributed by atoms with Gasteiger partial charge in [-0.25, -0.2) is 4.79 Å². The second-order valence-electron chi connectivity index (χ2n) is 5.04. The van der Waals surface area contributed by atoms with Gasteiger partial charge in [0.2, 0.25) is 5.88 Å². The molecule has 0 saturated carbocycles. The summed E-state index contributed by atoms with van der Waals surface area (Å²) < 4.78 is 9.58. The number of ether oxygens (including phenoxy) is 1. The first-order valence-electron chi connectivity index (χ1n) is 6.92. The van der Waals surface area contributed by atoms with Crippen LogP contribution in [-0.4, -0.2) is 23.6 Å². The highest BCUT2D eigenvalue weighted by Crippen LogP contribution is 2.26. The van der Waals surface area contributed by atoms with Crippen molar-refractivity contribution in [3.63, 3.8) is 0 Å². The number of benzene rings is 1. The molecule has 24 heavy (non-hydrogen) atoms. The van der Waals surface area contributed by atoms with Gasteiger partial charge in [0, 0.05) is 10.0 Å². The molecule has 9 heteroatoms. The molecular formula is C15H15Cl2N3O4. The number of nitrogens with zero attached hydrogens (tertiary/aromatic N) is 1. The Labute approximate surface area is 148 Å². The topological polar surface area (TPSA) is 107 Å². The number of carbonyl (C=O) groups is 2. The van der Waals surface area contributed by atoms with Crippen molar-refractivity contribution < 1.29 is 18.8 Å². The van der Waals surface area contributed by atoms with E-state index < -0.39 is 18.5 Å². The van der Waals surface area contributed by atoms with E-state index in [4.69, 9.17) is 33.7 Å². The molecule has 2 rings (SSSR count). The number of nitrogens with two attached hydrogens (primary N) is 1. The molecule has 0 aliphatic rings. The van der Waals surface area contributed by atoms with Gasteiger partial charge in [-0.05, 0) is 31.5 Å². The van der Waals surface area contributed by atoms with Gasteiger partial charge in [0.1, 0.15) is 5.56 Å². The van der Waals surface area contributed by atoms with E-state index >= 15 is 0 Å². The number of esters is 1. The van der Waals surface area contributed by atoms with Gasteiger partial charge in [0.25, 0.3) is 5.91 Å². The molecular weight excluding hydrogens is 357 g/mol. The molecule has 0 radical (unpaired) electrons. The third-order valence-corrected chi connectivity index (χ3v) is 3.80. The van der Waals surface area contributed by atoms with E-state index in [9.17, 15) is 9.59 Å². The molecule has 1 aromatic carbocycles. The van der Waals surface area contributed by atoms with Crippen LogP contribution in [0.4, 0.5) is 5.88 Å². The van der Waals surface area contributed by atoms with Gasteiger partial charge in [-0.3, -0.25) is 4.79 Å². The quantitative estimate of drug-likeness (QED) is 0.782. The van der Waals surface area contributed by atoms with Crippen LogP contribution in [0, 0.1) is 6.92 Å². The van der Waals surface area contributed by atoms with Crippen LogP contribution in [0.25, 0.3) is 0 Å². The number of halogens is 2. The number of nitrogen functional groups attached to an aromatic ring is 1. The van der Waals surface area contributed by atoms with Crippen molar-refractivity contribution in [2.24, 2.45) is 0 Å². The number of aromatic nitrogens is 1. The molecule has 2 aromatic rings. The number of carbonyl (C=O) groups excluding carboxylic acids is 2. The lowest BCUT2D eigenvalue weighted by atomic mass is 10.1. The highest BCUT2D eigenvalue weighted by molar-refractivity contribution is 6.35. The number of hydrogen-bond donors (Lipinski definition) is 2. The molecule has 1 aromatic heterocycles. The van der Waals surface area contributed by atoms with Gasteiger partial charge < -0.3 is 20.3 Å². The first kappa shape index (κ1) is 18.1. The van der Waals surface area contributed by atoms with Gasteiger partial charge in [-0.15, -0.1) is 0 Å². The van der Waals surface area contributed by atoms with Gasteiger partial charge >= 0.3 is 5.97 Å². The highest BCUT2D eigenvalue weighted by atomic mass is 35.5. The molecule has 7 nitrogen and oxygen atoms in total. The molecule has 128 valence electrons. The Kier molecular flexibility index (Phi) is 5.69. The summed E-state index contributed by atoms with van der Waals surface area (Å²) in [6, 6.07) is 4.58. The second kappa shape index (κ2) is 7.55. The highest BCUT2D eigenvalue weighted by Gasteiger charge is 2.21. The van der Waals surface area contributed by atoms with Crippen molar-refractivity contribution in [3.8, 4) is 0 Å². The zero-order valence-electron chi connectivity index (χ0n) is 12.9. The number of nitrogens with one attached hydrogen (secondary N) is 1. The Balaban J connectivity index is 1.92. The summed E-state index contributed by atoms with van der Waals surface area (Å²) in [5.74, 6) is -1.42. The number of hydrogen-bond acceptors (Lipinski definition) is 6. The van der Waals surface area contributed by atoms with Crippen molar-refractivity contribution in [3.05, 3.63) is 45.1 Å². The fourth-order valence-electron chi connectivity index (χ4n) is 2.05. The lowest BCUT2D eigenvalue weighted by Gasteiger charge is -2.16. The number of anilines is 1.